The second kappa shape index (κ2) is 7.95. The molecule has 0 spiro atoms. The van der Waals surface area contributed by atoms with E-state index >= 15 is 4.39 Å². The van der Waals surface area contributed by atoms with E-state index < -0.39 is 41.9 Å². The van der Waals surface area contributed by atoms with E-state index in [1.54, 1.807) is 24.3 Å². The molecule has 28 heavy (non-hydrogen) atoms. The number of hydrogen-bond donors (Lipinski definition) is 0. The largest absolute Gasteiger partial charge is 0.466 e. The smallest absolute Gasteiger partial charge is 0.396 e. The van der Waals surface area contributed by atoms with Crippen molar-refractivity contribution in [1.29, 1.82) is 0 Å². The molecule has 5 nitrogen and oxygen atoms in total. The van der Waals surface area contributed by atoms with Gasteiger partial charge in [0.05, 0.1) is 14.2 Å². The molecule has 0 fully saturated rings. The lowest BCUT2D eigenvalue weighted by atomic mass is 9.83. The number of Topliss-reactive ketones (excluding diaryl/α,β-unsaturated/α-hetero) is 1. The first-order valence-electron chi connectivity index (χ1n) is 8.00. The summed E-state index contributed by atoms with van der Waals surface area (Å²) in [4.78, 5) is 35.9. The van der Waals surface area contributed by atoms with Gasteiger partial charge in [0, 0.05) is 12.0 Å². The molecule has 0 radical (unpaired) electrons. The lowest BCUT2D eigenvalue weighted by Crippen LogP contribution is -2.55. The number of methoxy groups -OCH3 is 2. The fourth-order valence-corrected chi connectivity index (χ4v) is 2.81. The maximum absolute atomic E-state index is 15.0. The highest BCUT2D eigenvalue weighted by molar-refractivity contribution is 6.06. The Kier molecular flexibility index (Phi) is 6.06. The van der Waals surface area contributed by atoms with Gasteiger partial charge < -0.3 is 9.47 Å². The number of ketones is 1. The summed E-state index contributed by atoms with van der Waals surface area (Å²) in [6, 6.07) is 11.0. The average molecular weight is 400 g/mol. The molecular weight excluding hydrogens is 384 g/mol. The quantitative estimate of drug-likeness (QED) is 0.321. The van der Waals surface area contributed by atoms with Gasteiger partial charge in [-0.3, -0.25) is 4.79 Å². The molecule has 2 aromatic rings. The van der Waals surface area contributed by atoms with Crippen LogP contribution >= 0.6 is 0 Å². The number of hydrogen-bond acceptors (Lipinski definition) is 5. The molecule has 0 heterocycles. The van der Waals surface area contributed by atoms with Crippen LogP contribution in [-0.2, 0) is 19.1 Å². The first-order chi connectivity index (χ1) is 13.1. The van der Waals surface area contributed by atoms with Crippen LogP contribution in [0.4, 0.5) is 17.6 Å². The van der Waals surface area contributed by atoms with Gasteiger partial charge >= 0.3 is 23.8 Å². The fraction of sp³-hybridized carbons (Fsp3) is 0.316. The van der Waals surface area contributed by atoms with Crippen molar-refractivity contribution in [2.24, 2.45) is 5.92 Å². The molecular formula is C19H16F4O5. The van der Waals surface area contributed by atoms with Crippen LogP contribution in [-0.4, -0.2) is 43.8 Å². The Hall–Kier alpha value is -2.97. The minimum absolute atomic E-state index is 0.120. The van der Waals surface area contributed by atoms with Crippen molar-refractivity contribution in [2.75, 3.05) is 14.2 Å². The average Bonchev–Trinajstić information content (AvgIpc) is 2.68. The van der Waals surface area contributed by atoms with Crippen molar-refractivity contribution in [3.05, 3.63) is 48.0 Å². The third kappa shape index (κ3) is 3.97. The maximum Gasteiger partial charge on any atom is 0.396 e. The Morgan fingerprint density at radius 3 is 1.93 bits per heavy atom. The molecule has 1 atom stereocenters. The van der Waals surface area contributed by atoms with Gasteiger partial charge in [0.2, 0.25) is 0 Å². The first kappa shape index (κ1) is 21.3. The molecule has 2 aromatic carbocycles. The number of carbonyl (C=O) groups is 3. The van der Waals surface area contributed by atoms with Crippen molar-refractivity contribution < 1.29 is 41.4 Å². The summed E-state index contributed by atoms with van der Waals surface area (Å²) < 4.78 is 63.7. The van der Waals surface area contributed by atoms with E-state index in [2.05, 4.69) is 9.47 Å². The Labute approximate surface area is 157 Å². The molecule has 0 aromatic heterocycles. The summed E-state index contributed by atoms with van der Waals surface area (Å²) >= 11 is 0. The SMILES string of the molecule is COC(=O)C(F)(C(=O)OC)[C@H](CC(=O)c1ccc2ccccc2c1)C(F)(F)F. The zero-order chi connectivity index (χ0) is 21.1. The van der Waals surface area contributed by atoms with E-state index in [1.165, 1.54) is 18.2 Å². The van der Waals surface area contributed by atoms with Crippen LogP contribution in [0.25, 0.3) is 10.8 Å². The van der Waals surface area contributed by atoms with Crippen molar-refractivity contribution >= 4 is 28.5 Å². The summed E-state index contributed by atoms with van der Waals surface area (Å²) in [5, 5.41) is 1.33. The van der Waals surface area contributed by atoms with Gasteiger partial charge in [0.25, 0.3) is 0 Å². The van der Waals surface area contributed by atoms with Crippen molar-refractivity contribution in [1.82, 2.24) is 0 Å². The van der Waals surface area contributed by atoms with Crippen molar-refractivity contribution in [3.63, 3.8) is 0 Å². The molecule has 0 aliphatic rings. The number of carbonyl (C=O) groups excluding carboxylic acids is 3. The third-order valence-electron chi connectivity index (χ3n) is 4.30. The van der Waals surface area contributed by atoms with Gasteiger partial charge in [-0.05, 0) is 16.8 Å². The van der Waals surface area contributed by atoms with Crippen LogP contribution in [0.3, 0.4) is 0 Å². The molecule has 0 N–H and O–H groups in total. The standard InChI is InChI=1S/C19H16F4O5/c1-27-16(25)18(20,17(26)28-2)15(19(21,22)23)10-14(24)13-8-7-11-5-3-4-6-12(11)9-13/h3-9,15H,10H2,1-2H3/t15-/m0/s1. The minimum atomic E-state index is -5.40. The number of ether oxygens (including phenoxy) is 2. The number of esters is 2. The Morgan fingerprint density at radius 1 is 0.893 bits per heavy atom. The Bertz CT molecular complexity index is 891. The van der Waals surface area contributed by atoms with E-state index in [0.717, 1.165) is 5.39 Å². The first-order valence-corrected chi connectivity index (χ1v) is 8.00. The monoisotopic (exact) mass is 400 g/mol. The molecule has 0 unspecified atom stereocenters. The van der Waals surface area contributed by atoms with Crippen LogP contribution in [0.1, 0.15) is 16.8 Å². The van der Waals surface area contributed by atoms with Crippen LogP contribution in [0, 0.1) is 5.92 Å². The molecule has 0 saturated heterocycles. The number of fused-ring (bicyclic) bond motifs is 1. The summed E-state index contributed by atoms with van der Waals surface area (Å²) in [5.74, 6) is -8.55. The predicted octanol–water partition coefficient (Wildman–Crippen LogP) is 3.65. The molecule has 0 saturated carbocycles. The summed E-state index contributed by atoms with van der Waals surface area (Å²) in [5.41, 5.74) is -4.33. The molecule has 0 bridgehead atoms. The lowest BCUT2D eigenvalue weighted by molar-refractivity contribution is -0.224. The van der Waals surface area contributed by atoms with Crippen LogP contribution in [0.15, 0.2) is 42.5 Å². The van der Waals surface area contributed by atoms with Crippen LogP contribution < -0.4 is 0 Å². The normalized spacial score (nSPS) is 13.1. The summed E-state index contributed by atoms with van der Waals surface area (Å²) in [7, 11) is 1.25. The zero-order valence-electron chi connectivity index (χ0n) is 14.9. The number of benzene rings is 2. The fourth-order valence-electron chi connectivity index (χ4n) is 2.81. The van der Waals surface area contributed by atoms with Crippen LogP contribution in [0.5, 0.6) is 0 Å². The third-order valence-corrected chi connectivity index (χ3v) is 4.30. The highest BCUT2D eigenvalue weighted by atomic mass is 19.4. The second-order valence-electron chi connectivity index (χ2n) is 5.98. The van der Waals surface area contributed by atoms with Gasteiger partial charge in [0.15, 0.2) is 5.78 Å². The van der Waals surface area contributed by atoms with E-state index in [4.69, 9.17) is 0 Å². The zero-order valence-corrected chi connectivity index (χ0v) is 14.9. The second-order valence-corrected chi connectivity index (χ2v) is 5.98. The van der Waals surface area contributed by atoms with Crippen molar-refractivity contribution in [2.45, 2.75) is 18.3 Å². The van der Waals surface area contributed by atoms with E-state index in [-0.39, 0.29) is 5.56 Å². The highest BCUT2D eigenvalue weighted by Gasteiger charge is 2.65. The lowest BCUT2D eigenvalue weighted by Gasteiger charge is -2.30. The maximum atomic E-state index is 15.0. The molecule has 2 rings (SSSR count). The number of alkyl halides is 4. The predicted molar refractivity (Wildman–Crippen MR) is 90.3 cm³/mol. The molecule has 0 aliphatic heterocycles. The highest BCUT2D eigenvalue weighted by Crippen LogP contribution is 2.42. The Balaban J connectivity index is 2.46. The minimum Gasteiger partial charge on any atom is -0.466 e. The molecule has 9 heteroatoms. The van der Waals surface area contributed by atoms with Gasteiger partial charge in [-0.25, -0.2) is 14.0 Å². The number of rotatable bonds is 6. The summed E-state index contributed by atoms with van der Waals surface area (Å²) in [6.45, 7) is 0. The topological polar surface area (TPSA) is 69.7 Å². The van der Waals surface area contributed by atoms with E-state index in [9.17, 15) is 27.6 Å². The van der Waals surface area contributed by atoms with E-state index in [0.29, 0.717) is 19.6 Å². The van der Waals surface area contributed by atoms with Gasteiger partial charge in [-0.1, -0.05) is 36.4 Å². The summed E-state index contributed by atoms with van der Waals surface area (Å²) in [6.07, 6.45) is -6.88. The van der Waals surface area contributed by atoms with Gasteiger partial charge in [0.1, 0.15) is 5.92 Å². The van der Waals surface area contributed by atoms with Crippen LogP contribution in [0.2, 0.25) is 0 Å². The molecule has 0 aliphatic carbocycles. The van der Waals surface area contributed by atoms with E-state index in [1.807, 2.05) is 0 Å². The molecule has 0 amide bonds. The molecule has 150 valence electrons. The number of halogens is 4. The Morgan fingerprint density at radius 2 is 1.43 bits per heavy atom. The van der Waals surface area contributed by atoms with Gasteiger partial charge in [-0.15, -0.1) is 0 Å². The van der Waals surface area contributed by atoms with Crippen molar-refractivity contribution in [3.8, 4) is 0 Å². The van der Waals surface area contributed by atoms with Gasteiger partial charge in [-0.2, -0.15) is 13.2 Å².